The summed E-state index contributed by atoms with van der Waals surface area (Å²) in [6.07, 6.45) is 1.01. The molecule has 2 aromatic carbocycles. The van der Waals surface area contributed by atoms with Crippen LogP contribution in [0, 0.1) is 22.7 Å². The minimum Gasteiger partial charge on any atom is -0.456 e. The van der Waals surface area contributed by atoms with Gasteiger partial charge in [0.15, 0.2) is 0 Å². The molecule has 0 saturated carbocycles. The summed E-state index contributed by atoms with van der Waals surface area (Å²) < 4.78 is 5.89. The quantitative estimate of drug-likeness (QED) is 0.787. The van der Waals surface area contributed by atoms with Crippen LogP contribution in [0.1, 0.15) is 43.9 Å². The highest BCUT2D eigenvalue weighted by molar-refractivity contribution is 7.80. The van der Waals surface area contributed by atoms with Crippen LogP contribution in [-0.2, 0) is 5.41 Å². The van der Waals surface area contributed by atoms with Gasteiger partial charge in [-0.2, -0.15) is 10.5 Å². The second-order valence-corrected chi connectivity index (χ2v) is 6.43. The summed E-state index contributed by atoms with van der Waals surface area (Å²) in [7, 11) is 0. The summed E-state index contributed by atoms with van der Waals surface area (Å²) in [5.74, 6) is 1.16. The van der Waals surface area contributed by atoms with Crippen molar-refractivity contribution in [2.45, 2.75) is 37.5 Å². The van der Waals surface area contributed by atoms with Crippen molar-refractivity contribution in [1.82, 2.24) is 0 Å². The van der Waals surface area contributed by atoms with Gasteiger partial charge >= 0.3 is 0 Å². The van der Waals surface area contributed by atoms with E-state index in [1.807, 2.05) is 24.3 Å². The molecule has 2 rings (SSSR count). The number of rotatable bonds is 4. The molecule has 2 aromatic rings. The fourth-order valence-electron chi connectivity index (χ4n) is 2.12. The van der Waals surface area contributed by atoms with E-state index in [0.717, 1.165) is 11.3 Å². The van der Waals surface area contributed by atoms with Gasteiger partial charge in [-0.3, -0.25) is 0 Å². The molecule has 0 radical (unpaired) electrons. The van der Waals surface area contributed by atoms with Gasteiger partial charge in [0.25, 0.3) is 0 Å². The van der Waals surface area contributed by atoms with Crippen LogP contribution in [0.5, 0.6) is 11.5 Å². The highest BCUT2D eigenvalue weighted by atomic mass is 32.1. The maximum atomic E-state index is 9.11. The van der Waals surface area contributed by atoms with Crippen LogP contribution in [0.3, 0.4) is 0 Å². The molecule has 4 heteroatoms. The lowest BCUT2D eigenvalue weighted by atomic mass is 9.82. The molecule has 0 fully saturated rings. The Kier molecular flexibility index (Phi) is 4.98. The summed E-state index contributed by atoms with van der Waals surface area (Å²) in [5, 5.41) is 18.1. The van der Waals surface area contributed by atoms with Gasteiger partial charge in [0.05, 0.1) is 11.1 Å². The first kappa shape index (κ1) is 16.9. The van der Waals surface area contributed by atoms with Crippen LogP contribution in [0.2, 0.25) is 0 Å². The summed E-state index contributed by atoms with van der Waals surface area (Å²) >= 11 is 4.45. The molecule has 0 spiro atoms. The van der Waals surface area contributed by atoms with Crippen LogP contribution in [-0.4, -0.2) is 0 Å². The van der Waals surface area contributed by atoms with Crippen molar-refractivity contribution in [3.8, 4) is 23.6 Å². The molecule has 0 N–H and O–H groups in total. The Hall–Kier alpha value is -2.43. The lowest BCUT2D eigenvalue weighted by molar-refractivity contribution is 0.461. The molecular formula is C19H18N2OS. The van der Waals surface area contributed by atoms with Crippen LogP contribution in [0.4, 0.5) is 0 Å². The first-order chi connectivity index (χ1) is 10.9. The third kappa shape index (κ3) is 3.67. The van der Waals surface area contributed by atoms with Gasteiger partial charge in [-0.15, -0.1) is 12.6 Å². The third-order valence-corrected chi connectivity index (χ3v) is 4.45. The lowest BCUT2D eigenvalue weighted by Crippen LogP contribution is -2.15. The Morgan fingerprint density at radius 2 is 1.74 bits per heavy atom. The minimum atomic E-state index is 0.0437. The van der Waals surface area contributed by atoms with Gasteiger partial charge in [0, 0.05) is 4.90 Å². The van der Waals surface area contributed by atoms with E-state index >= 15 is 0 Å². The zero-order valence-electron chi connectivity index (χ0n) is 13.4. The molecule has 0 amide bonds. The molecule has 23 heavy (non-hydrogen) atoms. The van der Waals surface area contributed by atoms with E-state index in [0.29, 0.717) is 22.6 Å². The van der Waals surface area contributed by atoms with E-state index in [1.165, 1.54) is 5.56 Å². The van der Waals surface area contributed by atoms with Crippen LogP contribution in [0.25, 0.3) is 0 Å². The van der Waals surface area contributed by atoms with Crippen LogP contribution in [0.15, 0.2) is 41.3 Å². The van der Waals surface area contributed by atoms with Gasteiger partial charge in [-0.1, -0.05) is 26.8 Å². The fourth-order valence-corrected chi connectivity index (χ4v) is 2.31. The molecule has 0 atom stereocenters. The standard InChI is InChI=1S/C19H18N2OS/c1-4-19(2,3)15-6-8-18(23)17(10-15)22-16-7-5-13(11-20)14(9-16)12-21/h5-10,23H,4H2,1-3H3. The molecule has 0 aromatic heterocycles. The summed E-state index contributed by atoms with van der Waals surface area (Å²) in [5.41, 5.74) is 1.85. The molecule has 0 heterocycles. The van der Waals surface area contributed by atoms with Crippen molar-refractivity contribution in [2.24, 2.45) is 0 Å². The van der Waals surface area contributed by atoms with Crippen molar-refractivity contribution < 1.29 is 4.74 Å². The summed E-state index contributed by atoms with van der Waals surface area (Å²) in [6.45, 7) is 6.51. The summed E-state index contributed by atoms with van der Waals surface area (Å²) in [4.78, 5) is 0.725. The zero-order chi connectivity index (χ0) is 17.0. The van der Waals surface area contributed by atoms with Gasteiger partial charge in [-0.05, 0) is 47.7 Å². The lowest BCUT2D eigenvalue weighted by Gasteiger charge is -2.24. The van der Waals surface area contributed by atoms with E-state index in [9.17, 15) is 0 Å². The van der Waals surface area contributed by atoms with Gasteiger partial charge < -0.3 is 4.74 Å². The number of ether oxygens (including phenoxy) is 1. The average molecular weight is 322 g/mol. The first-order valence-electron chi connectivity index (χ1n) is 7.37. The zero-order valence-corrected chi connectivity index (χ0v) is 14.3. The Labute approximate surface area is 142 Å². The first-order valence-corrected chi connectivity index (χ1v) is 7.81. The Morgan fingerprint density at radius 1 is 1.04 bits per heavy atom. The average Bonchev–Trinajstić information content (AvgIpc) is 2.56. The molecule has 0 aliphatic carbocycles. The SMILES string of the molecule is CCC(C)(C)c1ccc(S)c(Oc2ccc(C#N)c(C#N)c2)c1. The molecule has 0 bridgehead atoms. The number of thiol groups is 1. The van der Waals surface area contributed by atoms with Crippen molar-refractivity contribution in [2.75, 3.05) is 0 Å². The second kappa shape index (κ2) is 6.77. The third-order valence-electron chi connectivity index (χ3n) is 4.08. The molecule has 0 unspecified atom stereocenters. The van der Waals surface area contributed by atoms with E-state index in [-0.39, 0.29) is 5.41 Å². The Balaban J connectivity index is 2.39. The maximum absolute atomic E-state index is 9.11. The smallest absolute Gasteiger partial charge is 0.141 e. The van der Waals surface area contributed by atoms with Crippen molar-refractivity contribution in [1.29, 1.82) is 10.5 Å². The van der Waals surface area contributed by atoms with Crippen molar-refractivity contribution in [3.63, 3.8) is 0 Å². The topological polar surface area (TPSA) is 56.8 Å². The Morgan fingerprint density at radius 3 is 2.35 bits per heavy atom. The number of nitriles is 2. The monoisotopic (exact) mass is 322 g/mol. The molecule has 0 aliphatic heterocycles. The largest absolute Gasteiger partial charge is 0.456 e. The molecule has 116 valence electrons. The molecule has 3 nitrogen and oxygen atoms in total. The molecular weight excluding hydrogens is 304 g/mol. The number of benzene rings is 2. The van der Waals surface area contributed by atoms with Crippen LogP contribution < -0.4 is 4.74 Å². The second-order valence-electron chi connectivity index (χ2n) is 5.95. The van der Waals surface area contributed by atoms with E-state index < -0.39 is 0 Å². The highest BCUT2D eigenvalue weighted by Gasteiger charge is 2.19. The van der Waals surface area contributed by atoms with Gasteiger partial charge in [0.2, 0.25) is 0 Å². The molecule has 0 saturated heterocycles. The highest BCUT2D eigenvalue weighted by Crippen LogP contribution is 2.35. The number of hydrogen-bond acceptors (Lipinski definition) is 4. The van der Waals surface area contributed by atoms with Crippen LogP contribution >= 0.6 is 12.6 Å². The normalized spacial score (nSPS) is 10.7. The summed E-state index contributed by atoms with van der Waals surface area (Å²) in [6, 6.07) is 14.8. The fraction of sp³-hybridized carbons (Fsp3) is 0.263. The van der Waals surface area contributed by atoms with Gasteiger partial charge in [0.1, 0.15) is 23.6 Å². The van der Waals surface area contributed by atoms with E-state index in [2.05, 4.69) is 39.5 Å². The minimum absolute atomic E-state index is 0.0437. The maximum Gasteiger partial charge on any atom is 0.141 e. The van der Waals surface area contributed by atoms with Gasteiger partial charge in [-0.25, -0.2) is 0 Å². The molecule has 0 aliphatic rings. The van der Waals surface area contributed by atoms with E-state index in [4.69, 9.17) is 15.3 Å². The number of nitrogens with zero attached hydrogens (tertiary/aromatic N) is 2. The van der Waals surface area contributed by atoms with Crippen molar-refractivity contribution >= 4 is 12.6 Å². The Bertz CT molecular complexity index is 813. The van der Waals surface area contributed by atoms with E-state index in [1.54, 1.807) is 18.2 Å². The van der Waals surface area contributed by atoms with Crippen molar-refractivity contribution in [3.05, 3.63) is 53.1 Å². The predicted octanol–water partition coefficient (Wildman–Crippen LogP) is 5.20. The predicted molar refractivity (Wildman–Crippen MR) is 93.0 cm³/mol. The number of hydrogen-bond donors (Lipinski definition) is 1.